The highest BCUT2D eigenvalue weighted by atomic mass is 32.2. The second-order valence-corrected chi connectivity index (χ2v) is 11.4. The van der Waals surface area contributed by atoms with Gasteiger partial charge in [-0.25, -0.2) is 8.42 Å². The summed E-state index contributed by atoms with van der Waals surface area (Å²) in [5.41, 5.74) is 0.681. The van der Waals surface area contributed by atoms with E-state index in [2.05, 4.69) is 0 Å². The van der Waals surface area contributed by atoms with E-state index >= 15 is 0 Å². The van der Waals surface area contributed by atoms with Gasteiger partial charge in [-0.3, -0.25) is 4.31 Å². The summed E-state index contributed by atoms with van der Waals surface area (Å²) in [7, 11) is -3.69. The molecule has 0 radical (unpaired) electrons. The summed E-state index contributed by atoms with van der Waals surface area (Å²) in [4.78, 5) is 1.26. The van der Waals surface area contributed by atoms with Crippen LogP contribution in [-0.4, -0.2) is 53.2 Å². The molecule has 0 aromatic heterocycles. The van der Waals surface area contributed by atoms with Gasteiger partial charge in [0.1, 0.15) is 5.75 Å². The molecule has 6 nitrogen and oxygen atoms in total. The van der Waals surface area contributed by atoms with Crippen molar-refractivity contribution in [1.29, 1.82) is 0 Å². The number of ether oxygens (including phenoxy) is 3. The SMILES string of the molecule is O=S(=O)(c1ccc2ccccc2c1)N1CCSc2ccc(OCCCOC3CCOCC3)cc21. The quantitative estimate of drug-likeness (QED) is 0.402. The molecule has 0 N–H and O–H groups in total. The minimum absolute atomic E-state index is 0.281. The standard InChI is InChI=1S/C26H29NO5S2/c28-34(29,24-8-6-20-4-1-2-5-21(20)18-24)27-12-17-33-26-9-7-23(19-25(26)27)32-14-3-13-31-22-10-15-30-16-11-22/h1-2,4-9,18-19,22H,3,10-17H2. The van der Waals surface area contributed by atoms with Crippen LogP contribution in [0.2, 0.25) is 0 Å². The Morgan fingerprint density at radius 1 is 0.971 bits per heavy atom. The zero-order chi connectivity index (χ0) is 23.4. The Labute approximate surface area is 205 Å². The van der Waals surface area contributed by atoms with Crippen molar-refractivity contribution in [2.75, 3.05) is 43.0 Å². The Morgan fingerprint density at radius 2 is 1.79 bits per heavy atom. The van der Waals surface area contributed by atoms with E-state index in [1.165, 1.54) is 4.31 Å². The Balaban J connectivity index is 1.28. The molecular weight excluding hydrogens is 470 g/mol. The molecule has 3 aromatic carbocycles. The number of thioether (sulfide) groups is 1. The lowest BCUT2D eigenvalue weighted by Crippen LogP contribution is -2.35. The molecule has 180 valence electrons. The first-order valence-electron chi connectivity index (χ1n) is 11.7. The molecule has 0 amide bonds. The van der Waals surface area contributed by atoms with E-state index in [0.717, 1.165) is 48.1 Å². The van der Waals surface area contributed by atoms with Crippen LogP contribution in [0.3, 0.4) is 0 Å². The summed E-state index contributed by atoms with van der Waals surface area (Å²) in [6.45, 7) is 3.13. The number of anilines is 1. The lowest BCUT2D eigenvalue weighted by molar-refractivity contribution is -0.0341. The number of fused-ring (bicyclic) bond motifs is 2. The smallest absolute Gasteiger partial charge is 0.264 e. The van der Waals surface area contributed by atoms with Crippen molar-refractivity contribution in [3.8, 4) is 5.75 Å². The molecule has 2 aliphatic rings. The van der Waals surface area contributed by atoms with Crippen LogP contribution in [0, 0.1) is 0 Å². The van der Waals surface area contributed by atoms with Gasteiger partial charge in [0, 0.05) is 42.9 Å². The van der Waals surface area contributed by atoms with E-state index in [0.29, 0.717) is 41.8 Å². The van der Waals surface area contributed by atoms with E-state index in [1.54, 1.807) is 23.9 Å². The Hall–Kier alpha value is -2.26. The van der Waals surface area contributed by atoms with Gasteiger partial charge < -0.3 is 14.2 Å². The van der Waals surface area contributed by atoms with Crippen molar-refractivity contribution in [3.05, 3.63) is 60.7 Å². The third-order valence-corrected chi connectivity index (χ3v) is 8.99. The Bertz CT molecular complexity index is 1240. The second kappa shape index (κ2) is 10.6. The summed E-state index contributed by atoms with van der Waals surface area (Å²) in [6.07, 6.45) is 2.96. The maximum atomic E-state index is 13.6. The lowest BCUT2D eigenvalue weighted by atomic mass is 10.1. The van der Waals surface area contributed by atoms with Gasteiger partial charge in [0.2, 0.25) is 0 Å². The first-order chi connectivity index (χ1) is 16.6. The molecule has 3 aromatic rings. The van der Waals surface area contributed by atoms with Crippen LogP contribution < -0.4 is 9.04 Å². The lowest BCUT2D eigenvalue weighted by Gasteiger charge is -2.30. The van der Waals surface area contributed by atoms with Crippen LogP contribution in [0.25, 0.3) is 10.8 Å². The van der Waals surface area contributed by atoms with E-state index in [4.69, 9.17) is 14.2 Å². The molecule has 8 heteroatoms. The summed E-state index contributed by atoms with van der Waals surface area (Å²) in [5.74, 6) is 1.38. The highest BCUT2D eigenvalue weighted by Gasteiger charge is 2.30. The maximum Gasteiger partial charge on any atom is 0.264 e. The van der Waals surface area contributed by atoms with Crippen LogP contribution in [-0.2, 0) is 19.5 Å². The van der Waals surface area contributed by atoms with Crippen molar-refractivity contribution in [1.82, 2.24) is 0 Å². The molecule has 0 aliphatic carbocycles. The van der Waals surface area contributed by atoms with Gasteiger partial charge in [-0.05, 0) is 47.9 Å². The normalized spacial score (nSPS) is 17.0. The molecule has 2 aliphatic heterocycles. The average Bonchev–Trinajstić information content (AvgIpc) is 2.88. The molecular formula is C26H29NO5S2. The van der Waals surface area contributed by atoms with Crippen molar-refractivity contribution >= 4 is 38.2 Å². The van der Waals surface area contributed by atoms with Crippen LogP contribution in [0.4, 0.5) is 5.69 Å². The van der Waals surface area contributed by atoms with E-state index in [-0.39, 0.29) is 6.10 Å². The molecule has 0 unspecified atom stereocenters. The minimum Gasteiger partial charge on any atom is -0.493 e. The predicted molar refractivity (Wildman–Crippen MR) is 136 cm³/mol. The second-order valence-electron chi connectivity index (χ2n) is 8.45. The largest absolute Gasteiger partial charge is 0.493 e. The number of rotatable bonds is 8. The molecule has 34 heavy (non-hydrogen) atoms. The van der Waals surface area contributed by atoms with Gasteiger partial charge in [0.05, 0.1) is 29.9 Å². The highest BCUT2D eigenvalue weighted by molar-refractivity contribution is 8.00. The highest BCUT2D eigenvalue weighted by Crippen LogP contribution is 2.40. The van der Waals surface area contributed by atoms with Crippen molar-refractivity contribution < 1.29 is 22.6 Å². The zero-order valence-electron chi connectivity index (χ0n) is 19.0. The zero-order valence-corrected chi connectivity index (χ0v) is 20.7. The molecule has 0 spiro atoms. The van der Waals surface area contributed by atoms with Crippen LogP contribution in [0.1, 0.15) is 19.3 Å². The van der Waals surface area contributed by atoms with Crippen molar-refractivity contribution in [3.63, 3.8) is 0 Å². The molecule has 0 atom stereocenters. The summed E-state index contributed by atoms with van der Waals surface area (Å²) >= 11 is 1.67. The predicted octanol–water partition coefficient (Wildman–Crippen LogP) is 5.11. The molecule has 0 saturated carbocycles. The topological polar surface area (TPSA) is 65.1 Å². The van der Waals surface area contributed by atoms with Gasteiger partial charge in [-0.2, -0.15) is 0 Å². The fourth-order valence-electron chi connectivity index (χ4n) is 4.31. The minimum atomic E-state index is -3.69. The van der Waals surface area contributed by atoms with Crippen LogP contribution >= 0.6 is 11.8 Å². The third-order valence-electron chi connectivity index (χ3n) is 6.14. The monoisotopic (exact) mass is 499 g/mol. The molecule has 2 heterocycles. The molecule has 0 bridgehead atoms. The van der Waals surface area contributed by atoms with Crippen molar-refractivity contribution in [2.45, 2.75) is 35.2 Å². The number of sulfonamides is 1. The summed E-state index contributed by atoms with van der Waals surface area (Å²) in [6, 6.07) is 18.8. The fourth-order valence-corrected chi connectivity index (χ4v) is 6.97. The van der Waals surface area contributed by atoms with Gasteiger partial charge >= 0.3 is 0 Å². The molecule has 5 rings (SSSR count). The van der Waals surface area contributed by atoms with Crippen molar-refractivity contribution in [2.24, 2.45) is 0 Å². The molecule has 1 saturated heterocycles. The number of nitrogens with zero attached hydrogens (tertiary/aromatic N) is 1. The first-order valence-corrected chi connectivity index (χ1v) is 14.1. The number of hydrogen-bond donors (Lipinski definition) is 0. The van der Waals surface area contributed by atoms with Crippen LogP contribution in [0.5, 0.6) is 5.75 Å². The van der Waals surface area contributed by atoms with E-state index in [1.807, 2.05) is 48.5 Å². The number of benzene rings is 3. The first kappa shape index (κ1) is 23.5. The van der Waals surface area contributed by atoms with Gasteiger partial charge in [0.25, 0.3) is 10.0 Å². The fraction of sp³-hybridized carbons (Fsp3) is 0.385. The van der Waals surface area contributed by atoms with Crippen LogP contribution in [0.15, 0.2) is 70.5 Å². The number of hydrogen-bond acceptors (Lipinski definition) is 6. The van der Waals surface area contributed by atoms with Gasteiger partial charge in [-0.15, -0.1) is 11.8 Å². The van der Waals surface area contributed by atoms with Gasteiger partial charge in [0.15, 0.2) is 0 Å². The average molecular weight is 500 g/mol. The van der Waals surface area contributed by atoms with Gasteiger partial charge in [-0.1, -0.05) is 30.3 Å². The summed E-state index contributed by atoms with van der Waals surface area (Å²) in [5, 5.41) is 1.93. The third kappa shape index (κ3) is 5.20. The maximum absolute atomic E-state index is 13.6. The van der Waals surface area contributed by atoms with E-state index < -0.39 is 10.0 Å². The summed E-state index contributed by atoms with van der Waals surface area (Å²) < 4.78 is 45.9. The Morgan fingerprint density at radius 3 is 2.65 bits per heavy atom. The Kier molecular flexibility index (Phi) is 7.29. The van der Waals surface area contributed by atoms with E-state index in [9.17, 15) is 8.42 Å². The molecule has 1 fully saturated rings.